The van der Waals surface area contributed by atoms with E-state index in [2.05, 4.69) is 29.2 Å². The highest BCUT2D eigenvalue weighted by Gasteiger charge is 2.17. The molecule has 1 aliphatic heterocycles. The number of rotatable bonds is 10. The molecule has 1 N–H and O–H groups in total. The average molecular weight is 416 g/mol. The third-order valence-electron chi connectivity index (χ3n) is 5.58. The van der Waals surface area contributed by atoms with E-state index in [1.54, 1.807) is 4.57 Å². The van der Waals surface area contributed by atoms with Gasteiger partial charge in [0.15, 0.2) is 0 Å². The average Bonchev–Trinajstić information content (AvgIpc) is 2.92. The van der Waals surface area contributed by atoms with Crippen molar-refractivity contribution in [1.82, 2.24) is 24.6 Å². The maximum absolute atomic E-state index is 12.5. The predicted molar refractivity (Wildman–Crippen MR) is 116 cm³/mol. The maximum Gasteiger partial charge on any atom is 0.346 e. The van der Waals surface area contributed by atoms with Gasteiger partial charge in [-0.05, 0) is 32.0 Å². The SMILES string of the molecule is CCN(CC)CCOc1ccccc1CNC(=O)Cn1nc2n(c1=O)CCCCC2. The predicted octanol–water partition coefficient (Wildman–Crippen LogP) is 1.81. The van der Waals surface area contributed by atoms with Gasteiger partial charge in [0.25, 0.3) is 0 Å². The third-order valence-corrected chi connectivity index (χ3v) is 5.58. The number of nitrogens with one attached hydrogen (secondary N) is 1. The molecular formula is C22H33N5O3. The fraction of sp³-hybridized carbons (Fsp3) is 0.591. The Hall–Kier alpha value is -2.61. The molecule has 0 unspecified atom stereocenters. The first-order valence-corrected chi connectivity index (χ1v) is 11.0. The lowest BCUT2D eigenvalue weighted by molar-refractivity contribution is -0.122. The Morgan fingerprint density at radius 1 is 1.20 bits per heavy atom. The normalized spacial score (nSPS) is 13.7. The van der Waals surface area contributed by atoms with E-state index in [-0.39, 0.29) is 18.1 Å². The van der Waals surface area contributed by atoms with E-state index in [9.17, 15) is 9.59 Å². The molecule has 0 atom stereocenters. The number of aryl methyl sites for hydroxylation is 1. The Balaban J connectivity index is 1.55. The number of amides is 1. The summed E-state index contributed by atoms with van der Waals surface area (Å²) in [4.78, 5) is 27.3. The van der Waals surface area contributed by atoms with Crippen molar-refractivity contribution in [3.63, 3.8) is 0 Å². The van der Waals surface area contributed by atoms with Crippen molar-refractivity contribution in [1.29, 1.82) is 0 Å². The first-order valence-electron chi connectivity index (χ1n) is 11.0. The van der Waals surface area contributed by atoms with Crippen LogP contribution < -0.4 is 15.7 Å². The Labute approximate surface area is 177 Å². The topological polar surface area (TPSA) is 81.4 Å². The van der Waals surface area contributed by atoms with Crippen LogP contribution in [-0.4, -0.2) is 51.4 Å². The van der Waals surface area contributed by atoms with Crippen LogP contribution in [0.1, 0.15) is 44.5 Å². The molecule has 8 nitrogen and oxygen atoms in total. The second-order valence-electron chi connectivity index (χ2n) is 7.58. The summed E-state index contributed by atoms with van der Waals surface area (Å²) in [6.45, 7) is 8.69. The van der Waals surface area contributed by atoms with Gasteiger partial charge in [-0.25, -0.2) is 9.48 Å². The highest BCUT2D eigenvalue weighted by Crippen LogP contribution is 2.17. The van der Waals surface area contributed by atoms with E-state index < -0.39 is 0 Å². The van der Waals surface area contributed by atoms with E-state index >= 15 is 0 Å². The molecule has 164 valence electrons. The van der Waals surface area contributed by atoms with Crippen molar-refractivity contribution < 1.29 is 9.53 Å². The minimum Gasteiger partial charge on any atom is -0.492 e. The summed E-state index contributed by atoms with van der Waals surface area (Å²) in [5, 5.41) is 7.26. The number of hydrogen-bond acceptors (Lipinski definition) is 5. The lowest BCUT2D eigenvalue weighted by Gasteiger charge is -2.19. The molecule has 1 aromatic carbocycles. The van der Waals surface area contributed by atoms with Crippen LogP contribution in [-0.2, 0) is 30.8 Å². The van der Waals surface area contributed by atoms with Crippen molar-refractivity contribution >= 4 is 5.91 Å². The van der Waals surface area contributed by atoms with Crippen LogP contribution in [0.2, 0.25) is 0 Å². The number of hydrogen-bond donors (Lipinski definition) is 1. The summed E-state index contributed by atoms with van der Waals surface area (Å²) >= 11 is 0. The first kappa shape index (κ1) is 22.1. The van der Waals surface area contributed by atoms with Gasteiger partial charge in [-0.3, -0.25) is 9.36 Å². The fourth-order valence-corrected chi connectivity index (χ4v) is 3.73. The van der Waals surface area contributed by atoms with Crippen LogP contribution in [0.25, 0.3) is 0 Å². The third kappa shape index (κ3) is 5.72. The van der Waals surface area contributed by atoms with Crippen molar-refractivity contribution in [2.45, 2.75) is 59.2 Å². The largest absolute Gasteiger partial charge is 0.492 e. The van der Waals surface area contributed by atoms with Gasteiger partial charge < -0.3 is 15.0 Å². The van der Waals surface area contributed by atoms with Crippen molar-refractivity contribution in [2.24, 2.45) is 0 Å². The van der Waals surface area contributed by atoms with Gasteiger partial charge in [-0.2, -0.15) is 5.10 Å². The fourth-order valence-electron chi connectivity index (χ4n) is 3.73. The van der Waals surface area contributed by atoms with Crippen molar-refractivity contribution in [2.75, 3.05) is 26.2 Å². The van der Waals surface area contributed by atoms with E-state index in [1.807, 2.05) is 24.3 Å². The van der Waals surface area contributed by atoms with Gasteiger partial charge in [0.1, 0.15) is 24.7 Å². The number of fused-ring (bicyclic) bond motifs is 1. The van der Waals surface area contributed by atoms with E-state index in [1.165, 1.54) is 4.68 Å². The molecule has 2 aromatic rings. The smallest absolute Gasteiger partial charge is 0.346 e. The summed E-state index contributed by atoms with van der Waals surface area (Å²) in [6, 6.07) is 7.71. The summed E-state index contributed by atoms with van der Waals surface area (Å²) in [5.41, 5.74) is 0.723. The minimum absolute atomic E-state index is 0.0657. The van der Waals surface area contributed by atoms with Gasteiger partial charge in [-0.15, -0.1) is 0 Å². The summed E-state index contributed by atoms with van der Waals surface area (Å²) in [7, 11) is 0. The molecule has 0 aliphatic carbocycles. The lowest BCUT2D eigenvalue weighted by Crippen LogP contribution is -2.33. The van der Waals surface area contributed by atoms with E-state index in [0.717, 1.165) is 62.5 Å². The number of carbonyl (C=O) groups is 1. The van der Waals surface area contributed by atoms with Crippen LogP contribution in [0.4, 0.5) is 0 Å². The van der Waals surface area contributed by atoms with Crippen LogP contribution >= 0.6 is 0 Å². The van der Waals surface area contributed by atoms with Gasteiger partial charge >= 0.3 is 5.69 Å². The molecule has 0 bridgehead atoms. The molecule has 0 saturated carbocycles. The first-order chi connectivity index (χ1) is 14.6. The number of benzene rings is 1. The van der Waals surface area contributed by atoms with Crippen molar-refractivity contribution in [3.05, 3.63) is 46.1 Å². The number of likely N-dealkylation sites (N-methyl/N-ethyl adjacent to an activating group) is 1. The number of ether oxygens (including phenoxy) is 1. The van der Waals surface area contributed by atoms with Gasteiger partial charge in [0.05, 0.1) is 0 Å². The van der Waals surface area contributed by atoms with Crippen LogP contribution in [0.3, 0.4) is 0 Å². The maximum atomic E-state index is 12.5. The molecule has 3 rings (SSSR count). The Morgan fingerprint density at radius 2 is 2.00 bits per heavy atom. The van der Waals surface area contributed by atoms with Gasteiger partial charge in [0.2, 0.25) is 5.91 Å². The molecule has 2 heterocycles. The highest BCUT2D eigenvalue weighted by atomic mass is 16.5. The minimum atomic E-state index is -0.233. The highest BCUT2D eigenvalue weighted by molar-refractivity contribution is 5.75. The molecule has 1 amide bonds. The molecule has 0 spiro atoms. The molecule has 1 aromatic heterocycles. The van der Waals surface area contributed by atoms with Gasteiger partial charge in [-0.1, -0.05) is 38.5 Å². The molecule has 0 radical (unpaired) electrons. The molecule has 0 fully saturated rings. The molecule has 1 aliphatic rings. The second kappa shape index (κ2) is 11.0. The number of aromatic nitrogens is 3. The number of para-hydroxylation sites is 1. The zero-order valence-corrected chi connectivity index (χ0v) is 18.1. The van der Waals surface area contributed by atoms with Gasteiger partial charge in [0, 0.05) is 31.6 Å². The Morgan fingerprint density at radius 3 is 2.80 bits per heavy atom. The zero-order valence-electron chi connectivity index (χ0n) is 18.1. The van der Waals surface area contributed by atoms with E-state index in [4.69, 9.17) is 4.74 Å². The van der Waals surface area contributed by atoms with Crippen LogP contribution in [0, 0.1) is 0 Å². The zero-order chi connectivity index (χ0) is 21.3. The second-order valence-corrected chi connectivity index (χ2v) is 7.58. The standard InChI is InChI=1S/C22H33N5O3/c1-3-25(4-2)14-15-30-19-11-8-7-10-18(19)16-23-21(28)17-27-22(29)26-13-9-5-6-12-20(26)24-27/h7-8,10-11H,3-6,9,12-17H2,1-2H3,(H,23,28). The molecule has 30 heavy (non-hydrogen) atoms. The monoisotopic (exact) mass is 415 g/mol. The summed E-state index contributed by atoms with van der Waals surface area (Å²) < 4.78 is 8.93. The quantitative estimate of drug-likeness (QED) is 0.640. The van der Waals surface area contributed by atoms with E-state index in [0.29, 0.717) is 19.7 Å². The number of carbonyl (C=O) groups excluding carboxylic acids is 1. The Bertz CT molecular complexity index is 885. The van der Waals surface area contributed by atoms with Crippen LogP contribution in [0.5, 0.6) is 5.75 Å². The molecule has 8 heteroatoms. The van der Waals surface area contributed by atoms with Crippen LogP contribution in [0.15, 0.2) is 29.1 Å². The molecule has 0 saturated heterocycles. The van der Waals surface area contributed by atoms with Crippen molar-refractivity contribution in [3.8, 4) is 5.75 Å². The molecular weight excluding hydrogens is 382 g/mol. The lowest BCUT2D eigenvalue weighted by atomic mass is 10.2. The summed E-state index contributed by atoms with van der Waals surface area (Å²) in [5.74, 6) is 1.33. The summed E-state index contributed by atoms with van der Waals surface area (Å²) in [6.07, 6.45) is 3.92. The number of nitrogens with zero attached hydrogens (tertiary/aromatic N) is 4. The Kier molecular flexibility index (Phi) is 8.07.